The summed E-state index contributed by atoms with van der Waals surface area (Å²) in [4.78, 5) is 28.8. The Balaban J connectivity index is 1.49. The van der Waals surface area contributed by atoms with Crippen LogP contribution in [0.3, 0.4) is 0 Å². The van der Waals surface area contributed by atoms with E-state index in [4.69, 9.17) is 9.47 Å². The van der Waals surface area contributed by atoms with Crippen molar-refractivity contribution in [2.24, 2.45) is 11.8 Å². The van der Waals surface area contributed by atoms with Crippen LogP contribution in [-0.2, 0) is 25.5 Å². The zero-order chi connectivity index (χ0) is 31.7. The highest BCUT2D eigenvalue weighted by atomic mass is 16.5. The zero-order valence-electron chi connectivity index (χ0n) is 28.6. The Morgan fingerprint density at radius 2 is 1.18 bits per heavy atom. The van der Waals surface area contributed by atoms with Crippen molar-refractivity contribution >= 4 is 22.8 Å². The van der Waals surface area contributed by atoms with Crippen LogP contribution in [0.5, 0.6) is 0 Å². The lowest BCUT2D eigenvalue weighted by atomic mass is 9.96. The van der Waals surface area contributed by atoms with Gasteiger partial charge in [-0.1, -0.05) is 161 Å². The van der Waals surface area contributed by atoms with Gasteiger partial charge < -0.3 is 14.5 Å². The van der Waals surface area contributed by atoms with Crippen molar-refractivity contribution in [1.82, 2.24) is 4.98 Å². The molecule has 1 atom stereocenters. The number of hydrogen-bond acceptors (Lipinski definition) is 4. The van der Waals surface area contributed by atoms with Crippen molar-refractivity contribution in [2.45, 2.75) is 162 Å². The molecule has 0 fully saturated rings. The number of hydrogen-bond donors (Lipinski definition) is 1. The summed E-state index contributed by atoms with van der Waals surface area (Å²) in [5.41, 5.74) is 2.05. The molecule has 2 rings (SSSR count). The number of unbranched alkanes of at least 4 members (excludes halogenated alkanes) is 19. The summed E-state index contributed by atoms with van der Waals surface area (Å²) >= 11 is 0. The fourth-order valence-electron chi connectivity index (χ4n) is 5.97. The summed E-state index contributed by atoms with van der Waals surface area (Å²) in [5.74, 6) is -0.912. The molecule has 2 aromatic rings. The fourth-order valence-corrected chi connectivity index (χ4v) is 5.97. The first kappa shape index (κ1) is 37.9. The van der Waals surface area contributed by atoms with E-state index in [1.54, 1.807) is 0 Å². The predicted octanol–water partition coefficient (Wildman–Crippen LogP) is 11.3. The van der Waals surface area contributed by atoms with E-state index in [9.17, 15) is 9.59 Å². The van der Waals surface area contributed by atoms with E-state index < -0.39 is 5.92 Å². The standard InChI is InChI=1S/C39H65NO4/c1-4-5-6-7-8-9-10-11-12-13-14-15-16-17-18-19-20-21-22-25-28-43-39(42)34(30-38(41)44-32-33(2)3)29-35-31-40-37-27-24-23-26-36(35)37/h23-24,26-27,31,33-34,40H,4-22,25,28-30,32H2,1-3H3. The minimum Gasteiger partial charge on any atom is -0.465 e. The fraction of sp³-hybridized carbons (Fsp3) is 0.744. The van der Waals surface area contributed by atoms with Crippen LogP contribution in [0.4, 0.5) is 0 Å². The van der Waals surface area contributed by atoms with Crippen molar-refractivity contribution in [1.29, 1.82) is 0 Å². The first-order valence-corrected chi connectivity index (χ1v) is 18.4. The second-order valence-corrected chi connectivity index (χ2v) is 13.4. The van der Waals surface area contributed by atoms with Gasteiger partial charge in [0.15, 0.2) is 0 Å². The Bertz CT molecular complexity index is 997. The third-order valence-electron chi connectivity index (χ3n) is 8.71. The van der Waals surface area contributed by atoms with Crippen LogP contribution < -0.4 is 0 Å². The van der Waals surface area contributed by atoms with E-state index in [1.165, 1.54) is 116 Å². The molecule has 44 heavy (non-hydrogen) atoms. The molecule has 0 aliphatic heterocycles. The van der Waals surface area contributed by atoms with Crippen LogP contribution in [0.2, 0.25) is 0 Å². The molecule has 5 heteroatoms. The number of carbonyl (C=O) groups is 2. The number of esters is 2. The molecule has 5 nitrogen and oxygen atoms in total. The number of ether oxygens (including phenoxy) is 2. The summed E-state index contributed by atoms with van der Waals surface area (Å²) in [6.45, 7) is 7.09. The topological polar surface area (TPSA) is 68.4 Å². The van der Waals surface area contributed by atoms with Gasteiger partial charge in [0.25, 0.3) is 0 Å². The van der Waals surface area contributed by atoms with Crippen LogP contribution in [0.15, 0.2) is 30.5 Å². The van der Waals surface area contributed by atoms with Gasteiger partial charge in [0, 0.05) is 17.1 Å². The number of fused-ring (bicyclic) bond motifs is 1. The van der Waals surface area contributed by atoms with E-state index in [1.807, 2.05) is 44.3 Å². The lowest BCUT2D eigenvalue weighted by Gasteiger charge is -2.16. The predicted molar refractivity (Wildman–Crippen MR) is 185 cm³/mol. The molecule has 0 saturated heterocycles. The molecule has 0 bridgehead atoms. The van der Waals surface area contributed by atoms with E-state index in [0.29, 0.717) is 19.6 Å². The summed E-state index contributed by atoms with van der Waals surface area (Å²) in [5, 5.41) is 1.08. The molecule has 0 aliphatic carbocycles. The summed E-state index contributed by atoms with van der Waals surface area (Å²) in [6, 6.07) is 8.03. The maximum atomic E-state index is 13.0. The third-order valence-corrected chi connectivity index (χ3v) is 8.71. The molecular weight excluding hydrogens is 546 g/mol. The summed E-state index contributed by atoms with van der Waals surface area (Å²) < 4.78 is 11.1. The Morgan fingerprint density at radius 1 is 0.682 bits per heavy atom. The van der Waals surface area contributed by atoms with Crippen molar-refractivity contribution in [3.05, 3.63) is 36.0 Å². The third kappa shape index (κ3) is 17.9. The van der Waals surface area contributed by atoms with Crippen LogP contribution in [0.25, 0.3) is 10.9 Å². The highest BCUT2D eigenvalue weighted by Gasteiger charge is 2.26. The lowest BCUT2D eigenvalue weighted by Crippen LogP contribution is -2.25. The van der Waals surface area contributed by atoms with Gasteiger partial charge in [-0.3, -0.25) is 9.59 Å². The Labute approximate surface area is 269 Å². The van der Waals surface area contributed by atoms with Gasteiger partial charge in [0.05, 0.1) is 25.6 Å². The SMILES string of the molecule is CCCCCCCCCCCCCCCCCCCCCCOC(=O)C(CC(=O)OCC(C)C)Cc1c[nH]c2ccccc12. The number of H-pyrrole nitrogens is 1. The Hall–Kier alpha value is -2.30. The number of rotatable bonds is 28. The molecule has 1 aromatic carbocycles. The summed E-state index contributed by atoms with van der Waals surface area (Å²) in [6.07, 6.45) is 29.3. The number of nitrogens with one attached hydrogen (secondary N) is 1. The minimum absolute atomic E-state index is 0.0459. The molecule has 1 unspecified atom stereocenters. The molecule has 250 valence electrons. The van der Waals surface area contributed by atoms with Gasteiger partial charge >= 0.3 is 11.9 Å². The van der Waals surface area contributed by atoms with Crippen molar-refractivity contribution < 1.29 is 19.1 Å². The number of carbonyl (C=O) groups excluding carboxylic acids is 2. The van der Waals surface area contributed by atoms with Gasteiger partial charge in [-0.05, 0) is 30.4 Å². The quantitative estimate of drug-likeness (QED) is 0.0767. The van der Waals surface area contributed by atoms with E-state index in [2.05, 4.69) is 11.9 Å². The average Bonchev–Trinajstić information content (AvgIpc) is 3.43. The summed E-state index contributed by atoms with van der Waals surface area (Å²) in [7, 11) is 0. The number of benzene rings is 1. The Morgan fingerprint density at radius 3 is 1.70 bits per heavy atom. The first-order chi connectivity index (χ1) is 21.5. The second-order valence-electron chi connectivity index (χ2n) is 13.4. The molecule has 0 saturated carbocycles. The van der Waals surface area contributed by atoms with Crippen molar-refractivity contribution in [2.75, 3.05) is 13.2 Å². The molecule has 0 spiro atoms. The van der Waals surface area contributed by atoms with Gasteiger partial charge in [0.2, 0.25) is 0 Å². The van der Waals surface area contributed by atoms with Gasteiger partial charge in [0.1, 0.15) is 0 Å². The maximum Gasteiger partial charge on any atom is 0.309 e. The molecule has 0 radical (unpaired) electrons. The van der Waals surface area contributed by atoms with Crippen LogP contribution in [-0.4, -0.2) is 30.1 Å². The maximum absolute atomic E-state index is 13.0. The molecule has 1 heterocycles. The molecule has 1 N–H and O–H groups in total. The largest absolute Gasteiger partial charge is 0.465 e. The highest BCUT2D eigenvalue weighted by Crippen LogP contribution is 2.23. The van der Waals surface area contributed by atoms with E-state index in [0.717, 1.165) is 29.3 Å². The molecule has 1 aromatic heterocycles. The monoisotopic (exact) mass is 611 g/mol. The number of aromatic nitrogens is 1. The van der Waals surface area contributed by atoms with Gasteiger partial charge in [-0.2, -0.15) is 0 Å². The normalized spacial score (nSPS) is 12.2. The van der Waals surface area contributed by atoms with E-state index >= 15 is 0 Å². The first-order valence-electron chi connectivity index (χ1n) is 18.4. The minimum atomic E-state index is -0.543. The second kappa shape index (κ2) is 25.0. The van der Waals surface area contributed by atoms with Crippen molar-refractivity contribution in [3.8, 4) is 0 Å². The van der Waals surface area contributed by atoms with Gasteiger partial charge in [-0.15, -0.1) is 0 Å². The lowest BCUT2D eigenvalue weighted by molar-refractivity contribution is -0.155. The van der Waals surface area contributed by atoms with E-state index in [-0.39, 0.29) is 24.3 Å². The van der Waals surface area contributed by atoms with Crippen LogP contribution in [0, 0.1) is 11.8 Å². The smallest absolute Gasteiger partial charge is 0.309 e. The molecule has 0 aliphatic rings. The zero-order valence-corrected chi connectivity index (χ0v) is 28.6. The van der Waals surface area contributed by atoms with Crippen LogP contribution in [0.1, 0.15) is 161 Å². The highest BCUT2D eigenvalue weighted by molar-refractivity contribution is 5.85. The Kier molecular flexibility index (Phi) is 21.5. The van der Waals surface area contributed by atoms with Crippen LogP contribution >= 0.6 is 0 Å². The van der Waals surface area contributed by atoms with Gasteiger partial charge in [-0.25, -0.2) is 0 Å². The van der Waals surface area contributed by atoms with Crippen molar-refractivity contribution in [3.63, 3.8) is 0 Å². The molecular formula is C39H65NO4. The number of aromatic amines is 1. The molecule has 0 amide bonds. The average molecular weight is 612 g/mol. The number of para-hydroxylation sites is 1.